The van der Waals surface area contributed by atoms with Gasteiger partial charge in [-0.25, -0.2) is 0 Å². The minimum atomic E-state index is -0.493. The molecule has 1 heterocycles. The fraction of sp³-hybridized carbons (Fsp3) is 0.364. The molecule has 1 aromatic rings. The smallest absolute Gasteiger partial charge is 0.179 e. The second kappa shape index (κ2) is 3.90. The molecule has 1 atom stereocenters. The fourth-order valence-corrected chi connectivity index (χ4v) is 1.46. The van der Waals surface area contributed by atoms with Crippen LogP contribution < -0.4 is 15.2 Å². The van der Waals surface area contributed by atoms with Crippen LogP contribution in [0.4, 0.5) is 0 Å². The Labute approximate surface area is 88.0 Å². The Morgan fingerprint density at radius 1 is 1.33 bits per heavy atom. The van der Waals surface area contributed by atoms with E-state index in [2.05, 4.69) is 0 Å². The molecule has 0 saturated carbocycles. The van der Waals surface area contributed by atoms with Crippen LogP contribution in [0.3, 0.4) is 0 Å². The van der Waals surface area contributed by atoms with Crippen molar-refractivity contribution < 1.29 is 14.3 Å². The average Bonchev–Trinajstić information content (AvgIpc) is 2.27. The van der Waals surface area contributed by atoms with Gasteiger partial charge >= 0.3 is 0 Å². The van der Waals surface area contributed by atoms with E-state index in [1.807, 2.05) is 0 Å². The first-order valence-corrected chi connectivity index (χ1v) is 4.88. The number of benzene rings is 1. The van der Waals surface area contributed by atoms with Gasteiger partial charge < -0.3 is 15.2 Å². The topological polar surface area (TPSA) is 61.6 Å². The minimum Gasteiger partial charge on any atom is -0.486 e. The van der Waals surface area contributed by atoms with Crippen molar-refractivity contribution in [1.82, 2.24) is 0 Å². The number of Topliss-reactive ketones (excluding diaryl/α,β-unsaturated/α-hetero) is 1. The van der Waals surface area contributed by atoms with E-state index in [0.717, 1.165) is 0 Å². The first-order valence-electron chi connectivity index (χ1n) is 4.88. The number of nitrogens with two attached hydrogens (primary N) is 1. The monoisotopic (exact) mass is 207 g/mol. The maximum Gasteiger partial charge on any atom is 0.179 e. The van der Waals surface area contributed by atoms with E-state index in [0.29, 0.717) is 30.3 Å². The van der Waals surface area contributed by atoms with E-state index in [4.69, 9.17) is 15.2 Å². The molecule has 2 N–H and O–H groups in total. The highest BCUT2D eigenvalue weighted by Gasteiger charge is 2.16. The van der Waals surface area contributed by atoms with E-state index < -0.39 is 6.04 Å². The summed E-state index contributed by atoms with van der Waals surface area (Å²) in [5.41, 5.74) is 6.09. The molecule has 0 aromatic heterocycles. The van der Waals surface area contributed by atoms with Gasteiger partial charge in [0.2, 0.25) is 0 Å². The van der Waals surface area contributed by atoms with Crippen LogP contribution in [0.1, 0.15) is 17.3 Å². The summed E-state index contributed by atoms with van der Waals surface area (Å²) in [4.78, 5) is 11.6. The van der Waals surface area contributed by atoms with Crippen LogP contribution in [-0.4, -0.2) is 25.0 Å². The molecule has 1 unspecified atom stereocenters. The third-order valence-electron chi connectivity index (χ3n) is 2.24. The number of ether oxygens (including phenoxy) is 2. The summed E-state index contributed by atoms with van der Waals surface area (Å²) in [5, 5.41) is 0. The quantitative estimate of drug-likeness (QED) is 0.734. The van der Waals surface area contributed by atoms with Crippen LogP contribution in [-0.2, 0) is 0 Å². The summed E-state index contributed by atoms with van der Waals surface area (Å²) in [7, 11) is 0. The maximum absolute atomic E-state index is 11.6. The van der Waals surface area contributed by atoms with Crippen LogP contribution >= 0.6 is 0 Å². The van der Waals surface area contributed by atoms with E-state index in [-0.39, 0.29) is 5.78 Å². The van der Waals surface area contributed by atoms with Gasteiger partial charge in [0.25, 0.3) is 0 Å². The Hall–Kier alpha value is -1.55. The van der Waals surface area contributed by atoms with E-state index in [1.165, 1.54) is 0 Å². The Balaban J connectivity index is 2.32. The lowest BCUT2D eigenvalue weighted by Crippen LogP contribution is -2.26. The van der Waals surface area contributed by atoms with E-state index >= 15 is 0 Å². The van der Waals surface area contributed by atoms with Crippen molar-refractivity contribution in [3.63, 3.8) is 0 Å². The van der Waals surface area contributed by atoms with Gasteiger partial charge in [-0.05, 0) is 25.1 Å². The number of ketones is 1. The van der Waals surface area contributed by atoms with Crippen LogP contribution in [0.5, 0.6) is 11.5 Å². The molecule has 15 heavy (non-hydrogen) atoms. The Morgan fingerprint density at radius 3 is 2.67 bits per heavy atom. The predicted octanol–water partition coefficient (Wildman–Crippen LogP) is 0.988. The summed E-state index contributed by atoms with van der Waals surface area (Å²) in [6.07, 6.45) is 0. The second-order valence-corrected chi connectivity index (χ2v) is 3.51. The van der Waals surface area contributed by atoms with E-state index in [1.54, 1.807) is 25.1 Å². The molecular weight excluding hydrogens is 194 g/mol. The highest BCUT2D eigenvalue weighted by Crippen LogP contribution is 2.30. The van der Waals surface area contributed by atoms with Crippen molar-refractivity contribution in [1.29, 1.82) is 0 Å². The molecule has 0 saturated heterocycles. The van der Waals surface area contributed by atoms with Gasteiger partial charge in [0.1, 0.15) is 13.2 Å². The zero-order valence-electron chi connectivity index (χ0n) is 8.53. The molecule has 0 fully saturated rings. The maximum atomic E-state index is 11.6. The van der Waals surface area contributed by atoms with Crippen LogP contribution in [0.2, 0.25) is 0 Å². The summed E-state index contributed by atoms with van der Waals surface area (Å²) in [5.74, 6) is 1.21. The Bertz CT molecular complexity index is 387. The third-order valence-corrected chi connectivity index (χ3v) is 2.24. The van der Waals surface area contributed by atoms with Crippen LogP contribution in [0.25, 0.3) is 0 Å². The second-order valence-electron chi connectivity index (χ2n) is 3.51. The lowest BCUT2D eigenvalue weighted by Gasteiger charge is -2.18. The van der Waals surface area contributed by atoms with Crippen molar-refractivity contribution in [2.24, 2.45) is 5.73 Å². The van der Waals surface area contributed by atoms with Crippen LogP contribution in [0.15, 0.2) is 18.2 Å². The SMILES string of the molecule is CC(N)C(=O)c1ccc2c(c1)OCCO2. The van der Waals surface area contributed by atoms with Crippen molar-refractivity contribution in [2.75, 3.05) is 13.2 Å². The highest BCUT2D eigenvalue weighted by molar-refractivity contribution is 6.00. The molecule has 1 aliphatic rings. The normalized spacial score (nSPS) is 15.9. The molecule has 80 valence electrons. The van der Waals surface area contributed by atoms with Gasteiger partial charge in [-0.2, -0.15) is 0 Å². The molecule has 2 rings (SSSR count). The minimum absolute atomic E-state index is 0.0908. The summed E-state index contributed by atoms with van der Waals surface area (Å²) in [6.45, 7) is 2.73. The lowest BCUT2D eigenvalue weighted by molar-refractivity contribution is 0.0966. The van der Waals surface area contributed by atoms with Gasteiger partial charge in [-0.15, -0.1) is 0 Å². The van der Waals surface area contributed by atoms with Gasteiger partial charge in [0.15, 0.2) is 17.3 Å². The largest absolute Gasteiger partial charge is 0.486 e. The lowest BCUT2D eigenvalue weighted by atomic mass is 10.1. The zero-order valence-corrected chi connectivity index (χ0v) is 8.53. The Kier molecular flexibility index (Phi) is 2.60. The van der Waals surface area contributed by atoms with Crippen molar-refractivity contribution in [3.8, 4) is 11.5 Å². The summed E-state index contributed by atoms with van der Waals surface area (Å²) in [6, 6.07) is 4.64. The van der Waals surface area contributed by atoms with Gasteiger partial charge in [0, 0.05) is 5.56 Å². The Morgan fingerprint density at radius 2 is 2.00 bits per heavy atom. The number of hydrogen-bond acceptors (Lipinski definition) is 4. The third kappa shape index (κ3) is 1.94. The number of fused-ring (bicyclic) bond motifs is 1. The molecule has 0 radical (unpaired) electrons. The first kappa shape index (κ1) is 9.98. The van der Waals surface area contributed by atoms with Crippen LogP contribution in [0, 0.1) is 0 Å². The van der Waals surface area contributed by atoms with Crippen molar-refractivity contribution >= 4 is 5.78 Å². The molecule has 0 amide bonds. The molecule has 1 aromatic carbocycles. The molecular formula is C11H13NO3. The molecule has 0 aliphatic carbocycles. The van der Waals surface area contributed by atoms with Gasteiger partial charge in [-0.3, -0.25) is 4.79 Å². The average molecular weight is 207 g/mol. The first-order chi connectivity index (χ1) is 7.18. The fourth-order valence-electron chi connectivity index (χ4n) is 1.46. The number of rotatable bonds is 2. The summed E-state index contributed by atoms with van der Waals surface area (Å²) < 4.78 is 10.7. The predicted molar refractivity (Wildman–Crippen MR) is 55.4 cm³/mol. The molecule has 4 heteroatoms. The molecule has 1 aliphatic heterocycles. The molecule has 4 nitrogen and oxygen atoms in total. The van der Waals surface area contributed by atoms with Gasteiger partial charge in [0.05, 0.1) is 6.04 Å². The highest BCUT2D eigenvalue weighted by atomic mass is 16.6. The number of hydrogen-bond donors (Lipinski definition) is 1. The number of carbonyl (C=O) groups is 1. The van der Waals surface area contributed by atoms with Crippen molar-refractivity contribution in [3.05, 3.63) is 23.8 Å². The molecule has 0 bridgehead atoms. The molecule has 0 spiro atoms. The zero-order chi connectivity index (χ0) is 10.8. The standard InChI is InChI=1S/C11H13NO3/c1-7(12)11(13)8-2-3-9-10(6-8)15-5-4-14-9/h2-3,6-7H,4-5,12H2,1H3. The van der Waals surface area contributed by atoms with E-state index in [9.17, 15) is 4.79 Å². The van der Waals surface area contributed by atoms with Gasteiger partial charge in [-0.1, -0.05) is 0 Å². The summed E-state index contributed by atoms with van der Waals surface area (Å²) >= 11 is 0. The number of carbonyl (C=O) groups excluding carboxylic acids is 1. The van der Waals surface area contributed by atoms with Crippen molar-refractivity contribution in [2.45, 2.75) is 13.0 Å².